The second-order valence-electron chi connectivity index (χ2n) is 5.67. The van der Waals surface area contributed by atoms with E-state index in [1.807, 2.05) is 42.5 Å². The molecule has 2 aromatic carbocycles. The Labute approximate surface area is 152 Å². The molecule has 2 aromatic rings. The molecule has 1 aliphatic heterocycles. The van der Waals surface area contributed by atoms with Crippen LogP contribution < -0.4 is 4.74 Å². The van der Waals surface area contributed by atoms with E-state index in [-0.39, 0.29) is 5.91 Å². The van der Waals surface area contributed by atoms with Crippen LogP contribution in [0.2, 0.25) is 0 Å². The lowest BCUT2D eigenvalue weighted by atomic mass is 10.2. The average molecular weight is 352 g/mol. The molecule has 0 radical (unpaired) electrons. The van der Waals surface area contributed by atoms with Gasteiger partial charge >= 0.3 is 0 Å². The first-order valence-corrected chi connectivity index (χ1v) is 8.91. The number of benzene rings is 2. The molecule has 0 spiro atoms. The summed E-state index contributed by atoms with van der Waals surface area (Å²) < 4.78 is 5.23. The number of carbonyl (C=O) groups excluding carboxylic acids is 1. The highest BCUT2D eigenvalue weighted by molar-refractivity contribution is 8.18. The van der Waals surface area contributed by atoms with E-state index in [4.69, 9.17) is 4.74 Å². The van der Waals surface area contributed by atoms with Gasteiger partial charge in [-0.3, -0.25) is 9.69 Å². The van der Waals surface area contributed by atoms with Crippen LogP contribution >= 0.6 is 11.8 Å². The van der Waals surface area contributed by atoms with Gasteiger partial charge in [-0.15, -0.1) is 0 Å². The Morgan fingerprint density at radius 1 is 1.20 bits per heavy atom. The number of likely N-dealkylation sites (N-methyl/N-ethyl adjacent to an activating group) is 1. The Morgan fingerprint density at radius 3 is 2.64 bits per heavy atom. The maximum Gasteiger partial charge on any atom is 0.266 e. The first-order valence-electron chi connectivity index (χ1n) is 8.10. The number of carbonyl (C=O) groups is 1. The lowest BCUT2D eigenvalue weighted by Crippen LogP contribution is -2.23. The predicted octanol–water partition coefficient (Wildman–Crippen LogP) is 4.49. The largest absolute Gasteiger partial charge is 0.497 e. The summed E-state index contributed by atoms with van der Waals surface area (Å²) in [6.07, 6.45) is 2.87. The maximum atomic E-state index is 12.5. The van der Waals surface area contributed by atoms with E-state index in [1.165, 1.54) is 17.3 Å². The number of thioether (sulfide) groups is 1. The van der Waals surface area contributed by atoms with E-state index in [0.717, 1.165) is 23.4 Å². The van der Waals surface area contributed by atoms with Gasteiger partial charge < -0.3 is 4.74 Å². The molecule has 0 unspecified atom stereocenters. The van der Waals surface area contributed by atoms with Crippen molar-refractivity contribution in [2.45, 2.75) is 13.3 Å². The van der Waals surface area contributed by atoms with E-state index >= 15 is 0 Å². The third-order valence-corrected chi connectivity index (χ3v) is 5.02. The highest BCUT2D eigenvalue weighted by Gasteiger charge is 2.30. The van der Waals surface area contributed by atoms with Gasteiger partial charge in [0, 0.05) is 7.05 Å². The Kier molecular flexibility index (Phi) is 5.24. The molecule has 5 heteroatoms. The van der Waals surface area contributed by atoms with Crippen molar-refractivity contribution in [3.05, 3.63) is 64.6 Å². The molecule has 0 aromatic heterocycles. The molecule has 1 aliphatic rings. The van der Waals surface area contributed by atoms with E-state index in [9.17, 15) is 4.79 Å². The molecular weight excluding hydrogens is 332 g/mol. The summed E-state index contributed by atoms with van der Waals surface area (Å²) in [6.45, 7) is 2.12. The summed E-state index contributed by atoms with van der Waals surface area (Å²) in [5.41, 5.74) is 3.05. The monoisotopic (exact) mass is 352 g/mol. The van der Waals surface area contributed by atoms with Crippen LogP contribution in [-0.2, 0) is 11.2 Å². The van der Waals surface area contributed by atoms with Crippen molar-refractivity contribution in [2.24, 2.45) is 4.99 Å². The molecule has 1 heterocycles. The summed E-state index contributed by atoms with van der Waals surface area (Å²) in [4.78, 5) is 19.3. The number of amidine groups is 1. The second kappa shape index (κ2) is 7.57. The Hall–Kier alpha value is -2.53. The van der Waals surface area contributed by atoms with Gasteiger partial charge in [0.2, 0.25) is 0 Å². The first kappa shape index (κ1) is 17.3. The van der Waals surface area contributed by atoms with Crippen LogP contribution in [0.15, 0.2) is 58.4 Å². The summed E-state index contributed by atoms with van der Waals surface area (Å²) in [5.74, 6) is 0.722. The molecule has 0 saturated carbocycles. The zero-order chi connectivity index (χ0) is 17.8. The van der Waals surface area contributed by atoms with Crippen molar-refractivity contribution in [1.82, 2.24) is 4.90 Å². The Balaban J connectivity index is 1.85. The van der Waals surface area contributed by atoms with Gasteiger partial charge in [0.1, 0.15) is 5.75 Å². The van der Waals surface area contributed by atoms with Crippen LogP contribution in [0.4, 0.5) is 5.69 Å². The van der Waals surface area contributed by atoms with E-state index < -0.39 is 0 Å². The molecule has 0 N–H and O–H groups in total. The van der Waals surface area contributed by atoms with Crippen molar-refractivity contribution in [3.8, 4) is 5.75 Å². The topological polar surface area (TPSA) is 41.9 Å². The Morgan fingerprint density at radius 2 is 1.96 bits per heavy atom. The lowest BCUT2D eigenvalue weighted by molar-refractivity contribution is -0.121. The molecule has 25 heavy (non-hydrogen) atoms. The number of hydrogen-bond donors (Lipinski definition) is 0. The normalized spacial score (nSPS) is 17.6. The molecule has 128 valence electrons. The standard InChI is InChI=1S/C20H20N2O2S/c1-4-14-8-10-16(11-9-14)21-20-22(2)19(23)18(25-20)13-15-6-5-7-17(12-15)24-3/h5-13H,4H2,1-3H3/b18-13+,21-20?. The highest BCUT2D eigenvalue weighted by atomic mass is 32.2. The van der Waals surface area contributed by atoms with Crippen LogP contribution in [0.5, 0.6) is 5.75 Å². The first-order chi connectivity index (χ1) is 12.1. The number of hydrogen-bond acceptors (Lipinski definition) is 4. The number of nitrogens with zero attached hydrogens (tertiary/aromatic N) is 2. The fraction of sp³-hybridized carbons (Fsp3) is 0.200. The average Bonchev–Trinajstić information content (AvgIpc) is 2.90. The van der Waals surface area contributed by atoms with E-state index in [1.54, 1.807) is 19.1 Å². The van der Waals surface area contributed by atoms with Crippen molar-refractivity contribution in [2.75, 3.05) is 14.2 Å². The van der Waals surface area contributed by atoms with Crippen molar-refractivity contribution in [3.63, 3.8) is 0 Å². The fourth-order valence-corrected chi connectivity index (χ4v) is 3.44. The molecule has 1 saturated heterocycles. The third kappa shape index (κ3) is 3.94. The van der Waals surface area contributed by atoms with Crippen LogP contribution in [0.25, 0.3) is 6.08 Å². The summed E-state index contributed by atoms with van der Waals surface area (Å²) in [7, 11) is 3.38. The van der Waals surface area contributed by atoms with Gasteiger partial charge in [-0.2, -0.15) is 0 Å². The molecule has 0 atom stereocenters. The second-order valence-corrected chi connectivity index (χ2v) is 6.67. The number of methoxy groups -OCH3 is 1. The molecule has 4 nitrogen and oxygen atoms in total. The number of rotatable bonds is 4. The van der Waals surface area contributed by atoms with Gasteiger partial charge in [-0.1, -0.05) is 31.2 Å². The van der Waals surface area contributed by atoms with Gasteiger partial charge in [-0.25, -0.2) is 4.99 Å². The zero-order valence-electron chi connectivity index (χ0n) is 14.5. The minimum absolute atomic E-state index is 0.0447. The number of aliphatic imine (C=N–C) groups is 1. The smallest absolute Gasteiger partial charge is 0.266 e. The maximum absolute atomic E-state index is 12.5. The minimum atomic E-state index is -0.0447. The lowest BCUT2D eigenvalue weighted by Gasteiger charge is -2.07. The minimum Gasteiger partial charge on any atom is -0.497 e. The number of aryl methyl sites for hydroxylation is 1. The van der Waals surface area contributed by atoms with Crippen LogP contribution in [0.3, 0.4) is 0 Å². The number of amides is 1. The van der Waals surface area contributed by atoms with E-state index in [0.29, 0.717) is 10.1 Å². The van der Waals surface area contributed by atoms with Crippen LogP contribution in [0.1, 0.15) is 18.1 Å². The fourth-order valence-electron chi connectivity index (χ4n) is 2.45. The summed E-state index contributed by atoms with van der Waals surface area (Å²) in [6, 6.07) is 15.7. The molecule has 1 fully saturated rings. The van der Waals surface area contributed by atoms with Crippen LogP contribution in [0, 0.1) is 0 Å². The van der Waals surface area contributed by atoms with Gasteiger partial charge in [0.15, 0.2) is 5.17 Å². The summed E-state index contributed by atoms with van der Waals surface area (Å²) in [5, 5.41) is 0.684. The molecule has 0 aliphatic carbocycles. The molecule has 3 rings (SSSR count). The quantitative estimate of drug-likeness (QED) is 0.761. The number of ether oxygens (including phenoxy) is 1. The summed E-state index contributed by atoms with van der Waals surface area (Å²) >= 11 is 1.39. The van der Waals surface area contributed by atoms with Crippen molar-refractivity contribution in [1.29, 1.82) is 0 Å². The predicted molar refractivity (Wildman–Crippen MR) is 104 cm³/mol. The van der Waals surface area contributed by atoms with Crippen molar-refractivity contribution < 1.29 is 9.53 Å². The van der Waals surface area contributed by atoms with Crippen molar-refractivity contribution >= 4 is 34.6 Å². The van der Waals surface area contributed by atoms with Gasteiger partial charge in [0.05, 0.1) is 17.7 Å². The molecule has 0 bridgehead atoms. The Bertz CT molecular complexity index is 841. The highest BCUT2D eigenvalue weighted by Crippen LogP contribution is 2.33. The van der Waals surface area contributed by atoms with Crippen LogP contribution in [-0.4, -0.2) is 30.1 Å². The van der Waals surface area contributed by atoms with Gasteiger partial charge in [0.25, 0.3) is 5.91 Å². The van der Waals surface area contributed by atoms with E-state index in [2.05, 4.69) is 24.0 Å². The SMILES string of the molecule is CCc1ccc(N=C2S/C(=C/c3cccc(OC)c3)C(=O)N2C)cc1. The molecular formula is C20H20N2O2S. The van der Waals surface area contributed by atoms with Gasteiger partial charge in [-0.05, 0) is 59.7 Å². The molecule has 1 amide bonds. The third-order valence-electron chi connectivity index (χ3n) is 3.96. The zero-order valence-corrected chi connectivity index (χ0v) is 15.3.